The minimum atomic E-state index is -0.00859. The number of hydrogen-bond donors (Lipinski definition) is 1. The molecule has 0 bridgehead atoms. The molecule has 0 atom stereocenters. The molecule has 1 aromatic heterocycles. The molecule has 3 aromatic rings. The van der Waals surface area contributed by atoms with Crippen LogP contribution in [0.3, 0.4) is 0 Å². The number of piperazine rings is 1. The van der Waals surface area contributed by atoms with E-state index in [1.165, 1.54) is 11.3 Å². The first-order chi connectivity index (χ1) is 16.1. The molecule has 0 aliphatic carbocycles. The Labute approximate surface area is 200 Å². The number of aromatic nitrogens is 1. The average molecular weight is 464 g/mol. The Morgan fingerprint density at radius 1 is 1.06 bits per heavy atom. The van der Waals surface area contributed by atoms with Crippen molar-refractivity contribution in [3.63, 3.8) is 0 Å². The molecular weight excluding hydrogens is 430 g/mol. The van der Waals surface area contributed by atoms with E-state index in [2.05, 4.69) is 74.9 Å². The number of rotatable bonds is 9. The lowest BCUT2D eigenvalue weighted by Crippen LogP contribution is -2.45. The number of carbonyl (C=O) groups is 1. The van der Waals surface area contributed by atoms with Gasteiger partial charge in [0, 0.05) is 56.0 Å². The normalized spacial score (nSPS) is 14.6. The highest BCUT2D eigenvalue weighted by molar-refractivity contribution is 7.09. The number of hydrogen-bond acceptors (Lipinski definition) is 6. The lowest BCUT2D eigenvalue weighted by atomic mass is 10.2. The molecule has 1 N–H and O–H groups in total. The van der Waals surface area contributed by atoms with Crippen LogP contribution in [0.1, 0.15) is 23.2 Å². The number of benzene rings is 2. The van der Waals surface area contributed by atoms with Crippen molar-refractivity contribution in [2.75, 3.05) is 50.0 Å². The molecule has 7 heteroatoms. The van der Waals surface area contributed by atoms with Gasteiger partial charge >= 0.3 is 0 Å². The van der Waals surface area contributed by atoms with E-state index in [9.17, 15) is 4.79 Å². The third kappa shape index (κ3) is 6.87. The summed E-state index contributed by atoms with van der Waals surface area (Å²) in [6.07, 6.45) is 0.953. The van der Waals surface area contributed by atoms with Crippen molar-refractivity contribution in [1.82, 2.24) is 14.8 Å². The fraction of sp³-hybridized carbons (Fsp3) is 0.385. The molecule has 6 nitrogen and oxygen atoms in total. The van der Waals surface area contributed by atoms with Crippen LogP contribution < -0.4 is 10.2 Å². The molecule has 0 radical (unpaired) electrons. The fourth-order valence-electron chi connectivity index (χ4n) is 4.12. The maximum Gasteiger partial charge on any atom is 0.238 e. The second-order valence-electron chi connectivity index (χ2n) is 8.60. The van der Waals surface area contributed by atoms with Crippen LogP contribution in [0.2, 0.25) is 0 Å². The second kappa shape index (κ2) is 11.4. The Balaban J connectivity index is 1.21. The average Bonchev–Trinajstić information content (AvgIpc) is 3.28. The zero-order valence-corrected chi connectivity index (χ0v) is 20.4. The third-order valence-corrected chi connectivity index (χ3v) is 6.93. The first-order valence-electron chi connectivity index (χ1n) is 11.6. The van der Waals surface area contributed by atoms with Gasteiger partial charge in [-0.3, -0.25) is 14.6 Å². The monoisotopic (exact) mass is 463 g/mol. The Kier molecular flexibility index (Phi) is 8.10. The van der Waals surface area contributed by atoms with Gasteiger partial charge in [-0.15, -0.1) is 11.3 Å². The van der Waals surface area contributed by atoms with Gasteiger partial charge in [0.1, 0.15) is 0 Å². The van der Waals surface area contributed by atoms with Gasteiger partial charge in [0.25, 0.3) is 0 Å². The number of aryl methyl sites for hydroxylation is 1. The topological polar surface area (TPSA) is 51.7 Å². The molecule has 4 rings (SSSR count). The molecule has 1 amide bonds. The summed E-state index contributed by atoms with van der Waals surface area (Å²) in [5, 5.41) is 6.23. The minimum Gasteiger partial charge on any atom is -0.369 e. The number of likely N-dealkylation sites (N-methyl/N-ethyl adjacent to an activating group) is 1. The SMILES string of the molecule is CCc1nc(CN(C)CC(=O)Nc2ccc(N3CCN(Cc4ccccc4)CC3)cc2)cs1. The quantitative estimate of drug-likeness (QED) is 0.518. The Hall–Kier alpha value is -2.74. The Morgan fingerprint density at radius 2 is 1.79 bits per heavy atom. The summed E-state index contributed by atoms with van der Waals surface area (Å²) in [7, 11) is 1.95. The van der Waals surface area contributed by atoms with Crippen molar-refractivity contribution in [3.05, 3.63) is 76.2 Å². The molecule has 2 heterocycles. The molecule has 0 unspecified atom stereocenters. The van der Waals surface area contributed by atoms with Crippen molar-refractivity contribution in [2.45, 2.75) is 26.4 Å². The molecule has 1 aliphatic rings. The molecule has 174 valence electrons. The lowest BCUT2D eigenvalue weighted by Gasteiger charge is -2.36. The van der Waals surface area contributed by atoms with Gasteiger partial charge in [-0.1, -0.05) is 37.3 Å². The number of nitrogens with one attached hydrogen (secondary N) is 1. The minimum absolute atomic E-state index is 0.00859. The highest BCUT2D eigenvalue weighted by Gasteiger charge is 2.17. The van der Waals surface area contributed by atoms with Gasteiger partial charge < -0.3 is 10.2 Å². The first kappa shape index (κ1) is 23.4. The maximum absolute atomic E-state index is 12.5. The van der Waals surface area contributed by atoms with Crippen LogP contribution in [-0.4, -0.2) is 60.5 Å². The largest absolute Gasteiger partial charge is 0.369 e. The van der Waals surface area contributed by atoms with Crippen LogP contribution in [0.5, 0.6) is 0 Å². The summed E-state index contributed by atoms with van der Waals surface area (Å²) in [6, 6.07) is 18.9. The summed E-state index contributed by atoms with van der Waals surface area (Å²) in [5.41, 5.74) is 4.44. The number of amides is 1. The standard InChI is InChI=1S/C26H33N5OS/c1-3-26-28-23(20-33-26)18-29(2)19-25(32)27-22-9-11-24(12-10-22)31-15-13-30(14-16-31)17-21-7-5-4-6-8-21/h4-12,20H,3,13-19H2,1-2H3,(H,27,32). The molecule has 1 saturated heterocycles. The highest BCUT2D eigenvalue weighted by Crippen LogP contribution is 2.20. The zero-order chi connectivity index (χ0) is 23.0. The van der Waals surface area contributed by atoms with Gasteiger partial charge in [-0.2, -0.15) is 0 Å². The summed E-state index contributed by atoms with van der Waals surface area (Å²) >= 11 is 1.68. The van der Waals surface area contributed by atoms with Crippen molar-refractivity contribution < 1.29 is 4.79 Å². The van der Waals surface area contributed by atoms with Gasteiger partial charge in [-0.25, -0.2) is 4.98 Å². The fourth-order valence-corrected chi connectivity index (χ4v) is 4.86. The van der Waals surface area contributed by atoms with Crippen LogP contribution in [0.25, 0.3) is 0 Å². The number of thiazole rings is 1. The van der Waals surface area contributed by atoms with E-state index in [1.807, 2.05) is 24.1 Å². The van der Waals surface area contributed by atoms with Gasteiger partial charge in [0.15, 0.2) is 0 Å². The van der Waals surface area contributed by atoms with E-state index >= 15 is 0 Å². The van der Waals surface area contributed by atoms with Gasteiger partial charge in [0.05, 0.1) is 17.2 Å². The molecular formula is C26H33N5OS. The van der Waals surface area contributed by atoms with E-state index < -0.39 is 0 Å². The summed E-state index contributed by atoms with van der Waals surface area (Å²) in [4.78, 5) is 24.0. The number of carbonyl (C=O) groups excluding carboxylic acids is 1. The first-order valence-corrected chi connectivity index (χ1v) is 12.5. The van der Waals surface area contributed by atoms with Crippen molar-refractivity contribution >= 4 is 28.6 Å². The van der Waals surface area contributed by atoms with Crippen LogP contribution in [0.4, 0.5) is 11.4 Å². The molecule has 2 aromatic carbocycles. The van der Waals surface area contributed by atoms with Crippen LogP contribution in [0, 0.1) is 0 Å². The predicted molar refractivity (Wildman–Crippen MR) is 137 cm³/mol. The lowest BCUT2D eigenvalue weighted by molar-refractivity contribution is -0.117. The maximum atomic E-state index is 12.5. The highest BCUT2D eigenvalue weighted by atomic mass is 32.1. The molecule has 0 saturated carbocycles. The van der Waals surface area contributed by atoms with Crippen LogP contribution in [-0.2, 0) is 24.3 Å². The van der Waals surface area contributed by atoms with E-state index in [-0.39, 0.29) is 5.91 Å². The van der Waals surface area contributed by atoms with Crippen LogP contribution in [0.15, 0.2) is 60.0 Å². The third-order valence-electron chi connectivity index (χ3n) is 5.88. The summed E-state index contributed by atoms with van der Waals surface area (Å²) in [5.74, 6) is -0.00859. The number of nitrogens with zero attached hydrogens (tertiary/aromatic N) is 4. The molecule has 1 fully saturated rings. The van der Waals surface area contributed by atoms with Crippen molar-refractivity contribution in [1.29, 1.82) is 0 Å². The van der Waals surface area contributed by atoms with E-state index in [1.54, 1.807) is 11.3 Å². The smallest absolute Gasteiger partial charge is 0.238 e. The second-order valence-corrected chi connectivity index (χ2v) is 9.54. The van der Waals surface area contributed by atoms with Crippen LogP contribution >= 0.6 is 11.3 Å². The van der Waals surface area contributed by atoms with Crippen molar-refractivity contribution in [2.24, 2.45) is 0 Å². The van der Waals surface area contributed by atoms with Crippen molar-refractivity contribution in [3.8, 4) is 0 Å². The summed E-state index contributed by atoms with van der Waals surface area (Å²) in [6.45, 7) is 8.27. The van der Waals surface area contributed by atoms with E-state index in [4.69, 9.17) is 0 Å². The molecule has 0 spiro atoms. The molecule has 33 heavy (non-hydrogen) atoms. The van der Waals surface area contributed by atoms with E-state index in [0.29, 0.717) is 13.1 Å². The predicted octanol–water partition coefficient (Wildman–Crippen LogP) is 4.10. The van der Waals surface area contributed by atoms with E-state index in [0.717, 1.165) is 55.5 Å². The van der Waals surface area contributed by atoms with Gasteiger partial charge in [-0.05, 0) is 43.3 Å². The number of anilines is 2. The summed E-state index contributed by atoms with van der Waals surface area (Å²) < 4.78 is 0. The Morgan fingerprint density at radius 3 is 2.45 bits per heavy atom. The molecule has 1 aliphatic heterocycles. The van der Waals surface area contributed by atoms with Gasteiger partial charge in [0.2, 0.25) is 5.91 Å². The zero-order valence-electron chi connectivity index (χ0n) is 19.5. The Bertz CT molecular complexity index is 1010.